The molecule has 1 fully saturated rings. The molecule has 1 aliphatic rings. The van der Waals surface area contributed by atoms with E-state index in [9.17, 15) is 9.18 Å². The predicted octanol–water partition coefficient (Wildman–Crippen LogP) is 2.42. The minimum atomic E-state index is -0.520. The second-order valence-electron chi connectivity index (χ2n) is 4.25. The van der Waals surface area contributed by atoms with Crippen molar-refractivity contribution in [2.24, 2.45) is 5.92 Å². The number of hydrogen-bond donors (Lipinski definition) is 2. The van der Waals surface area contributed by atoms with E-state index >= 15 is 0 Å². The Kier molecular flexibility index (Phi) is 3.97. The molecule has 0 unspecified atom stereocenters. The SMILES string of the molecule is O=C(CNCC1CC1)Nc1ccc(Cl)cc1F. The molecule has 1 saturated carbocycles. The number of halogens is 2. The molecular formula is C12H14ClFN2O. The van der Waals surface area contributed by atoms with Crippen LogP contribution in [0.4, 0.5) is 10.1 Å². The molecule has 0 bridgehead atoms. The standard InChI is InChI=1S/C12H14ClFN2O/c13-9-3-4-11(10(14)5-9)16-12(17)7-15-6-8-1-2-8/h3-5,8,15H,1-2,6-7H2,(H,16,17). The second-order valence-corrected chi connectivity index (χ2v) is 4.68. The lowest BCUT2D eigenvalue weighted by Gasteiger charge is -2.07. The normalized spacial score (nSPS) is 14.7. The van der Waals surface area contributed by atoms with Gasteiger partial charge in [-0.1, -0.05) is 11.6 Å². The number of carbonyl (C=O) groups excluding carboxylic acids is 1. The number of amides is 1. The number of benzene rings is 1. The molecule has 2 N–H and O–H groups in total. The summed E-state index contributed by atoms with van der Waals surface area (Å²) < 4.78 is 13.4. The molecule has 0 aliphatic heterocycles. The highest BCUT2D eigenvalue weighted by molar-refractivity contribution is 6.30. The number of anilines is 1. The summed E-state index contributed by atoms with van der Waals surface area (Å²) in [5.74, 6) is -0.0463. The first-order valence-electron chi connectivity index (χ1n) is 5.61. The minimum Gasteiger partial charge on any atom is -0.322 e. The Bertz CT molecular complexity index is 421. The maximum Gasteiger partial charge on any atom is 0.238 e. The van der Waals surface area contributed by atoms with Gasteiger partial charge >= 0.3 is 0 Å². The van der Waals surface area contributed by atoms with Crippen LogP contribution in [0.3, 0.4) is 0 Å². The van der Waals surface area contributed by atoms with Crippen LogP contribution in [0.15, 0.2) is 18.2 Å². The Morgan fingerprint density at radius 2 is 2.24 bits per heavy atom. The van der Waals surface area contributed by atoms with E-state index in [0.717, 1.165) is 12.5 Å². The van der Waals surface area contributed by atoms with Gasteiger partial charge in [-0.05, 0) is 43.5 Å². The lowest BCUT2D eigenvalue weighted by molar-refractivity contribution is -0.115. The summed E-state index contributed by atoms with van der Waals surface area (Å²) in [5.41, 5.74) is 0.160. The first-order valence-corrected chi connectivity index (χ1v) is 5.98. The van der Waals surface area contributed by atoms with Crippen LogP contribution in [0.2, 0.25) is 5.02 Å². The fourth-order valence-corrected chi connectivity index (χ4v) is 1.66. The molecule has 0 spiro atoms. The minimum absolute atomic E-state index is 0.160. The van der Waals surface area contributed by atoms with Crippen LogP contribution >= 0.6 is 11.6 Å². The van der Waals surface area contributed by atoms with Crippen molar-refractivity contribution in [1.82, 2.24) is 5.32 Å². The van der Waals surface area contributed by atoms with Crippen LogP contribution in [0.25, 0.3) is 0 Å². The van der Waals surface area contributed by atoms with Crippen molar-refractivity contribution in [1.29, 1.82) is 0 Å². The van der Waals surface area contributed by atoms with Gasteiger partial charge in [-0.2, -0.15) is 0 Å². The lowest BCUT2D eigenvalue weighted by atomic mass is 10.3. The van der Waals surface area contributed by atoms with E-state index in [4.69, 9.17) is 11.6 Å². The van der Waals surface area contributed by atoms with Gasteiger partial charge in [0.25, 0.3) is 0 Å². The zero-order valence-electron chi connectivity index (χ0n) is 9.30. The largest absolute Gasteiger partial charge is 0.322 e. The van der Waals surface area contributed by atoms with Crippen LogP contribution in [-0.4, -0.2) is 19.0 Å². The second kappa shape index (κ2) is 5.47. The highest BCUT2D eigenvalue weighted by Crippen LogP contribution is 2.27. The van der Waals surface area contributed by atoms with E-state index in [1.807, 2.05) is 0 Å². The number of hydrogen-bond acceptors (Lipinski definition) is 2. The Balaban J connectivity index is 1.79. The van der Waals surface area contributed by atoms with Crippen molar-refractivity contribution in [2.75, 3.05) is 18.4 Å². The molecule has 1 aromatic carbocycles. The molecule has 1 aromatic rings. The number of nitrogens with one attached hydrogen (secondary N) is 2. The fourth-order valence-electron chi connectivity index (χ4n) is 1.50. The molecule has 0 atom stereocenters. The monoisotopic (exact) mass is 256 g/mol. The molecule has 1 amide bonds. The van der Waals surface area contributed by atoms with Crippen molar-refractivity contribution in [3.05, 3.63) is 29.0 Å². The van der Waals surface area contributed by atoms with Gasteiger partial charge in [-0.15, -0.1) is 0 Å². The van der Waals surface area contributed by atoms with E-state index in [0.29, 0.717) is 5.02 Å². The predicted molar refractivity (Wildman–Crippen MR) is 65.6 cm³/mol. The maximum atomic E-state index is 13.4. The molecule has 92 valence electrons. The van der Waals surface area contributed by atoms with Gasteiger partial charge in [-0.25, -0.2) is 4.39 Å². The first-order chi connectivity index (χ1) is 8.15. The first kappa shape index (κ1) is 12.3. The third-order valence-corrected chi connectivity index (χ3v) is 2.86. The number of rotatable bonds is 5. The van der Waals surface area contributed by atoms with Crippen molar-refractivity contribution in [2.45, 2.75) is 12.8 Å². The van der Waals surface area contributed by atoms with Gasteiger partial charge in [0.05, 0.1) is 12.2 Å². The van der Waals surface area contributed by atoms with Gasteiger partial charge in [0, 0.05) is 5.02 Å². The Labute approximate surface area is 104 Å². The molecule has 0 heterocycles. The molecule has 3 nitrogen and oxygen atoms in total. The van der Waals surface area contributed by atoms with Crippen molar-refractivity contribution >= 4 is 23.2 Å². The van der Waals surface area contributed by atoms with Crippen LogP contribution in [0.5, 0.6) is 0 Å². The number of carbonyl (C=O) groups is 1. The van der Waals surface area contributed by atoms with Gasteiger partial charge in [0.2, 0.25) is 5.91 Å². The summed E-state index contributed by atoms with van der Waals surface area (Å²) in [5, 5.41) is 5.85. The van der Waals surface area contributed by atoms with E-state index in [2.05, 4.69) is 10.6 Å². The zero-order chi connectivity index (χ0) is 12.3. The van der Waals surface area contributed by atoms with E-state index in [1.54, 1.807) is 0 Å². The molecule has 1 aliphatic carbocycles. The smallest absolute Gasteiger partial charge is 0.238 e. The molecule has 0 aromatic heterocycles. The quantitative estimate of drug-likeness (QED) is 0.850. The van der Waals surface area contributed by atoms with Crippen molar-refractivity contribution in [3.63, 3.8) is 0 Å². The van der Waals surface area contributed by atoms with Gasteiger partial charge < -0.3 is 10.6 Å². The van der Waals surface area contributed by atoms with Gasteiger partial charge in [0.1, 0.15) is 5.82 Å². The highest BCUT2D eigenvalue weighted by Gasteiger charge is 2.20. The molecular weight excluding hydrogens is 243 g/mol. The summed E-state index contributed by atoms with van der Waals surface area (Å²) >= 11 is 5.61. The molecule has 5 heteroatoms. The average Bonchev–Trinajstić information content (AvgIpc) is 3.06. The zero-order valence-corrected chi connectivity index (χ0v) is 10.1. The van der Waals surface area contributed by atoms with Gasteiger partial charge in [0.15, 0.2) is 0 Å². The Morgan fingerprint density at radius 3 is 2.88 bits per heavy atom. The van der Waals surface area contributed by atoms with Crippen LogP contribution in [0.1, 0.15) is 12.8 Å². The topological polar surface area (TPSA) is 41.1 Å². The summed E-state index contributed by atoms with van der Waals surface area (Å²) in [6, 6.07) is 4.17. The Hall–Kier alpha value is -1.13. The molecule has 0 radical (unpaired) electrons. The Morgan fingerprint density at radius 1 is 1.47 bits per heavy atom. The van der Waals surface area contributed by atoms with E-state index in [-0.39, 0.29) is 18.1 Å². The molecule has 2 rings (SSSR count). The molecule has 17 heavy (non-hydrogen) atoms. The summed E-state index contributed by atoms with van der Waals surface area (Å²) in [4.78, 5) is 11.5. The highest BCUT2D eigenvalue weighted by atomic mass is 35.5. The van der Waals surface area contributed by atoms with E-state index < -0.39 is 5.82 Å². The third kappa shape index (κ3) is 3.98. The summed E-state index contributed by atoms with van der Waals surface area (Å²) in [7, 11) is 0. The van der Waals surface area contributed by atoms with Crippen molar-refractivity contribution in [3.8, 4) is 0 Å². The average molecular weight is 257 g/mol. The van der Waals surface area contributed by atoms with Crippen LogP contribution in [-0.2, 0) is 4.79 Å². The van der Waals surface area contributed by atoms with Crippen LogP contribution in [0, 0.1) is 11.7 Å². The maximum absolute atomic E-state index is 13.4. The van der Waals surface area contributed by atoms with Crippen LogP contribution < -0.4 is 10.6 Å². The van der Waals surface area contributed by atoms with Gasteiger partial charge in [-0.3, -0.25) is 4.79 Å². The van der Waals surface area contributed by atoms with E-state index in [1.165, 1.54) is 31.0 Å². The lowest BCUT2D eigenvalue weighted by Crippen LogP contribution is -2.29. The molecule has 0 saturated heterocycles. The summed E-state index contributed by atoms with van der Waals surface area (Å²) in [6.07, 6.45) is 2.47. The summed E-state index contributed by atoms with van der Waals surface area (Å²) in [6.45, 7) is 1.06. The third-order valence-electron chi connectivity index (χ3n) is 2.62. The fraction of sp³-hybridized carbons (Fsp3) is 0.417. The van der Waals surface area contributed by atoms with Crippen molar-refractivity contribution < 1.29 is 9.18 Å².